The Balaban J connectivity index is 1.40. The summed E-state index contributed by atoms with van der Waals surface area (Å²) < 4.78 is 60.6. The molecule has 25 nitrogen and oxygen atoms in total. The molecular formula is C33H50N7O18P3S-4. The Hall–Kier alpha value is -3.03. The molecule has 1 aliphatic rings. The number of phosphoric acid groups is 3. The summed E-state index contributed by atoms with van der Waals surface area (Å²) in [5.74, 6) is -1.64. The highest BCUT2D eigenvalue weighted by atomic mass is 32.2. The predicted octanol–water partition coefficient (Wildman–Crippen LogP) is -0.987. The van der Waals surface area contributed by atoms with Gasteiger partial charge in [-0.3, -0.25) is 32.9 Å². The number of aliphatic hydroxyl groups is 2. The molecule has 2 unspecified atom stereocenters. The van der Waals surface area contributed by atoms with Crippen LogP contribution in [0.2, 0.25) is 0 Å². The number of thioether (sulfide) groups is 1. The number of nitrogens with zero attached hydrogens (tertiary/aromatic N) is 4. The number of aliphatic hydroxyl groups excluding tert-OH is 2. The zero-order valence-electron chi connectivity index (χ0n) is 33.9. The van der Waals surface area contributed by atoms with E-state index >= 15 is 0 Å². The van der Waals surface area contributed by atoms with Crippen LogP contribution in [0.5, 0.6) is 0 Å². The van der Waals surface area contributed by atoms with Crippen molar-refractivity contribution in [3.63, 3.8) is 0 Å². The van der Waals surface area contributed by atoms with E-state index in [2.05, 4.69) is 50.4 Å². The molecular weight excluding hydrogens is 907 g/mol. The largest absolute Gasteiger partial charge is 0.790 e. The summed E-state index contributed by atoms with van der Waals surface area (Å²) in [6, 6.07) is 0. The van der Waals surface area contributed by atoms with Crippen LogP contribution in [0.1, 0.15) is 78.4 Å². The molecule has 3 heterocycles. The first kappa shape index (κ1) is 53.3. The Labute approximate surface area is 360 Å². The Morgan fingerprint density at radius 1 is 1.03 bits per heavy atom. The molecule has 1 saturated heterocycles. The molecule has 0 radical (unpaired) electrons. The average molecular weight is 958 g/mol. The van der Waals surface area contributed by atoms with E-state index in [0.29, 0.717) is 0 Å². The van der Waals surface area contributed by atoms with Gasteiger partial charge >= 0.3 is 0 Å². The number of phosphoric ester groups is 3. The summed E-state index contributed by atoms with van der Waals surface area (Å²) in [6.07, 6.45) is 1.30. The quantitative estimate of drug-likeness (QED) is 0.0296. The topological polar surface area (TPSA) is 392 Å². The third-order valence-corrected chi connectivity index (χ3v) is 12.7. The van der Waals surface area contributed by atoms with Gasteiger partial charge in [0.15, 0.2) is 22.8 Å². The normalized spacial score (nSPS) is 20.8. The van der Waals surface area contributed by atoms with Crippen molar-refractivity contribution in [3.05, 3.63) is 24.8 Å². The van der Waals surface area contributed by atoms with Crippen molar-refractivity contribution in [2.75, 3.05) is 37.8 Å². The van der Waals surface area contributed by atoms with Crippen LogP contribution in [0.4, 0.5) is 5.82 Å². The van der Waals surface area contributed by atoms with Crippen molar-refractivity contribution in [3.8, 4) is 0 Å². The number of amides is 2. The van der Waals surface area contributed by atoms with Gasteiger partial charge in [-0.2, -0.15) is 0 Å². The minimum absolute atomic E-state index is 0.0274. The molecule has 6 N–H and O–H groups in total. The summed E-state index contributed by atoms with van der Waals surface area (Å²) in [5.41, 5.74) is 4.04. The molecule has 2 aromatic rings. The molecule has 2 amide bonds. The second-order valence-electron chi connectivity index (χ2n) is 14.4. The van der Waals surface area contributed by atoms with Gasteiger partial charge in [0.05, 0.1) is 33.8 Å². The van der Waals surface area contributed by atoms with Crippen LogP contribution in [0.25, 0.3) is 11.2 Å². The molecule has 0 saturated carbocycles. The van der Waals surface area contributed by atoms with Gasteiger partial charge in [0.2, 0.25) is 11.8 Å². The number of anilines is 1. The number of unbranched alkanes of at least 4 members (excludes halogenated alkanes) is 4. The van der Waals surface area contributed by atoms with Crippen molar-refractivity contribution in [1.82, 2.24) is 30.2 Å². The lowest BCUT2D eigenvalue weighted by Gasteiger charge is -2.36. The van der Waals surface area contributed by atoms with Crippen LogP contribution in [0, 0.1) is 5.41 Å². The molecule has 7 atom stereocenters. The minimum atomic E-state index is -5.93. The third kappa shape index (κ3) is 17.9. The molecule has 1 aliphatic heterocycles. The molecule has 0 spiro atoms. The lowest BCUT2D eigenvalue weighted by Crippen LogP contribution is -2.46. The van der Waals surface area contributed by atoms with Crippen LogP contribution in [0.15, 0.2) is 24.8 Å². The summed E-state index contributed by atoms with van der Waals surface area (Å²) in [5, 5.41) is 25.9. The van der Waals surface area contributed by atoms with Gasteiger partial charge in [-0.05, 0) is 12.8 Å². The van der Waals surface area contributed by atoms with E-state index in [9.17, 15) is 62.7 Å². The molecule has 29 heteroatoms. The van der Waals surface area contributed by atoms with Gasteiger partial charge in [-0.15, -0.1) is 0 Å². The van der Waals surface area contributed by atoms with Gasteiger partial charge in [-0.1, -0.05) is 63.9 Å². The average Bonchev–Trinajstić information content (AvgIpc) is 3.74. The first-order valence-electron chi connectivity index (χ1n) is 19.1. The predicted molar refractivity (Wildman–Crippen MR) is 210 cm³/mol. The molecule has 3 rings (SSSR count). The van der Waals surface area contributed by atoms with E-state index < -0.39 is 84.6 Å². The van der Waals surface area contributed by atoms with Crippen molar-refractivity contribution >= 4 is 74.9 Å². The van der Waals surface area contributed by atoms with Crippen LogP contribution >= 0.6 is 35.2 Å². The maximum atomic E-state index is 12.6. The standard InChI is InChI=1S/C33H54N7O18P3S/c1-4-5-6-7-8-9-10-11-21(41)16-24(43)62-15-14-35-23(42)12-13-36-31(46)28(45)33(2,3)18-55-61(52,53)58-60(50,51)54-17-22-27(57-59(47,48)49)26(44)32(56-22)40-20-39-25-29(34)37-19-38-30(25)40/h9-10,19-20,22,26-28,32,44-45H,4-8,11-18H2,1-3H3,(H,35,42)(H,36,46)(H,50,51)(H,52,53)(H2,34,37,38)(H2,47,48,49)/p-4/b10-9+/t22-,26-,27-,28+,32-/m1/s1. The first-order valence-corrected chi connectivity index (χ1v) is 24.5. The van der Waals surface area contributed by atoms with Crippen LogP contribution in [-0.2, 0) is 55.5 Å². The first-order chi connectivity index (χ1) is 28.9. The van der Waals surface area contributed by atoms with Crippen LogP contribution in [0.3, 0.4) is 0 Å². The number of carbonyl (C=O) groups excluding carboxylic acids is 4. The third-order valence-electron chi connectivity index (χ3n) is 8.82. The number of imidazole rings is 1. The number of Topliss-reactive ketones (excluding diaryl/α,β-unsaturated/α-hetero) is 1. The summed E-state index contributed by atoms with van der Waals surface area (Å²) in [6.45, 7) is 2.03. The number of ether oxygens (including phenoxy) is 1. The van der Waals surface area contributed by atoms with E-state index in [4.69, 9.17) is 10.5 Å². The number of carbonyl (C=O) groups is 4. The van der Waals surface area contributed by atoms with Gasteiger partial charge in [0.1, 0.15) is 42.0 Å². The molecule has 2 aromatic heterocycles. The van der Waals surface area contributed by atoms with Crippen molar-refractivity contribution in [2.45, 2.75) is 103 Å². The second kappa shape index (κ2) is 24.3. The fourth-order valence-electron chi connectivity index (χ4n) is 5.58. The molecule has 350 valence electrons. The van der Waals surface area contributed by atoms with Crippen molar-refractivity contribution < 1.29 is 85.3 Å². The Bertz CT molecular complexity index is 2020. The Morgan fingerprint density at radius 3 is 2.44 bits per heavy atom. The fourth-order valence-corrected chi connectivity index (χ4v) is 9.01. The van der Waals surface area contributed by atoms with E-state index in [1.54, 1.807) is 6.08 Å². The highest BCUT2D eigenvalue weighted by molar-refractivity contribution is 8.13. The molecule has 0 aromatic carbocycles. The van der Waals surface area contributed by atoms with Gasteiger partial charge < -0.3 is 69.0 Å². The minimum Gasteiger partial charge on any atom is -0.790 e. The summed E-state index contributed by atoms with van der Waals surface area (Å²) >= 11 is 0.895. The summed E-state index contributed by atoms with van der Waals surface area (Å²) in [4.78, 5) is 108. The molecule has 62 heavy (non-hydrogen) atoms. The van der Waals surface area contributed by atoms with Crippen LogP contribution < -0.4 is 35.9 Å². The molecule has 1 fully saturated rings. The SMILES string of the molecule is CCCCCC/C=C/CC(=O)CC(=O)SCCNC(=O)CCNC(=O)[C@H](O)C(C)(C)COP(=O)([O-])OP(=O)([O-])OC[C@H]1O[C@@H](n2cnc3c(N)ncnc32)[C@H](O)[C@@H]1OP(=O)([O-])[O-]. The Morgan fingerprint density at radius 2 is 1.74 bits per heavy atom. The number of aromatic nitrogens is 4. The molecule has 0 aliphatic carbocycles. The fraction of sp³-hybridized carbons (Fsp3) is 0.667. The Kier molecular flexibility index (Phi) is 20.9. The molecule has 0 bridgehead atoms. The highest BCUT2D eigenvalue weighted by Crippen LogP contribution is 2.56. The lowest BCUT2D eigenvalue weighted by atomic mass is 9.87. The van der Waals surface area contributed by atoms with E-state index in [1.807, 2.05) is 6.08 Å². The summed E-state index contributed by atoms with van der Waals surface area (Å²) in [7, 11) is -17.6. The zero-order chi connectivity index (χ0) is 46.3. The van der Waals surface area contributed by atoms with Gasteiger partial charge in [-0.25, -0.2) is 19.3 Å². The van der Waals surface area contributed by atoms with Gasteiger partial charge in [0.25, 0.3) is 15.6 Å². The van der Waals surface area contributed by atoms with Crippen molar-refractivity contribution in [2.24, 2.45) is 5.41 Å². The van der Waals surface area contributed by atoms with Gasteiger partial charge in [0, 0.05) is 37.1 Å². The highest BCUT2D eigenvalue weighted by Gasteiger charge is 2.47. The lowest BCUT2D eigenvalue weighted by molar-refractivity contribution is -0.347. The van der Waals surface area contributed by atoms with E-state index in [0.717, 1.165) is 61.1 Å². The van der Waals surface area contributed by atoms with E-state index in [-0.39, 0.29) is 66.0 Å². The smallest absolute Gasteiger partial charge is 0.274 e. The van der Waals surface area contributed by atoms with E-state index in [1.165, 1.54) is 13.8 Å². The zero-order valence-corrected chi connectivity index (χ0v) is 37.4. The number of hydrogen-bond acceptors (Lipinski definition) is 23. The number of nitrogen functional groups attached to an aromatic ring is 1. The number of nitrogens with one attached hydrogen (secondary N) is 2. The maximum absolute atomic E-state index is 12.6. The number of rotatable bonds is 28. The number of allylic oxidation sites excluding steroid dienone is 2. The number of hydrogen-bond donors (Lipinski definition) is 5. The number of fused-ring (bicyclic) bond motifs is 1. The number of nitrogens with two attached hydrogens (primary N) is 1. The maximum Gasteiger partial charge on any atom is 0.274 e. The van der Waals surface area contributed by atoms with Crippen molar-refractivity contribution in [1.29, 1.82) is 0 Å². The monoisotopic (exact) mass is 957 g/mol. The second-order valence-corrected chi connectivity index (χ2v) is 19.7. The number of ketones is 1. The van der Waals surface area contributed by atoms with Crippen LogP contribution in [-0.4, -0.2) is 109 Å².